The van der Waals surface area contributed by atoms with E-state index in [1.165, 1.54) is 10.8 Å². The summed E-state index contributed by atoms with van der Waals surface area (Å²) in [6, 6.07) is 16.6. The molecule has 0 N–H and O–H groups in total. The highest BCUT2D eigenvalue weighted by molar-refractivity contribution is 5.96. The zero-order valence-corrected chi connectivity index (χ0v) is 12.6. The van der Waals surface area contributed by atoms with Gasteiger partial charge in [0.2, 0.25) is 0 Å². The molecular formula is C19H16N2O. The summed E-state index contributed by atoms with van der Waals surface area (Å²) in [7, 11) is 2.04. The molecule has 108 valence electrons. The quantitative estimate of drug-likeness (QED) is 0.530. The lowest BCUT2D eigenvalue weighted by molar-refractivity contribution is 0.525. The molecule has 22 heavy (non-hydrogen) atoms. The first-order valence-corrected chi connectivity index (χ1v) is 7.30. The van der Waals surface area contributed by atoms with Crippen molar-refractivity contribution in [1.29, 1.82) is 0 Å². The van der Waals surface area contributed by atoms with Gasteiger partial charge in [-0.05, 0) is 54.1 Å². The van der Waals surface area contributed by atoms with E-state index in [0.29, 0.717) is 0 Å². The zero-order valence-electron chi connectivity index (χ0n) is 12.6. The van der Waals surface area contributed by atoms with Crippen molar-refractivity contribution in [1.82, 2.24) is 9.55 Å². The van der Waals surface area contributed by atoms with Gasteiger partial charge in [0.05, 0.1) is 11.0 Å². The maximum Gasteiger partial charge on any atom is 0.133 e. The molecule has 0 aliphatic carbocycles. The van der Waals surface area contributed by atoms with E-state index in [2.05, 4.69) is 41.0 Å². The van der Waals surface area contributed by atoms with Crippen LogP contribution in [0.25, 0.3) is 34.0 Å². The van der Waals surface area contributed by atoms with Crippen molar-refractivity contribution in [3.05, 3.63) is 65.9 Å². The number of hydrogen-bond acceptors (Lipinski definition) is 2. The Morgan fingerprint density at radius 2 is 1.77 bits per heavy atom. The van der Waals surface area contributed by atoms with E-state index in [1.807, 2.05) is 38.3 Å². The van der Waals surface area contributed by atoms with Gasteiger partial charge >= 0.3 is 0 Å². The Kier molecular flexibility index (Phi) is 2.86. The van der Waals surface area contributed by atoms with E-state index >= 15 is 0 Å². The van der Waals surface area contributed by atoms with Crippen LogP contribution in [0.5, 0.6) is 0 Å². The Morgan fingerprint density at radius 1 is 1.00 bits per heavy atom. The third-order valence-electron chi connectivity index (χ3n) is 3.94. The first kappa shape index (κ1) is 12.9. The van der Waals surface area contributed by atoms with E-state index in [1.54, 1.807) is 0 Å². The number of aryl methyl sites for hydroxylation is 2. The maximum absolute atomic E-state index is 5.56. The number of imidazole rings is 1. The lowest BCUT2D eigenvalue weighted by atomic mass is 10.1. The molecule has 0 fully saturated rings. The maximum atomic E-state index is 5.56. The normalized spacial score (nSPS) is 11.9. The van der Waals surface area contributed by atoms with Gasteiger partial charge < -0.3 is 8.98 Å². The van der Waals surface area contributed by atoms with Crippen molar-refractivity contribution in [2.45, 2.75) is 6.92 Å². The molecule has 0 saturated heterocycles. The van der Waals surface area contributed by atoms with Gasteiger partial charge in [-0.25, -0.2) is 4.98 Å². The van der Waals surface area contributed by atoms with Gasteiger partial charge in [-0.2, -0.15) is 0 Å². The molecule has 0 bridgehead atoms. The lowest BCUT2D eigenvalue weighted by Gasteiger charge is -1.99. The fourth-order valence-electron chi connectivity index (χ4n) is 2.75. The van der Waals surface area contributed by atoms with Crippen LogP contribution in [-0.2, 0) is 7.05 Å². The van der Waals surface area contributed by atoms with Gasteiger partial charge in [-0.3, -0.25) is 0 Å². The van der Waals surface area contributed by atoms with Crippen molar-refractivity contribution in [3.8, 4) is 0 Å². The molecule has 0 amide bonds. The average Bonchev–Trinajstić information content (AvgIpc) is 3.07. The van der Waals surface area contributed by atoms with E-state index in [4.69, 9.17) is 9.40 Å². The third-order valence-corrected chi connectivity index (χ3v) is 3.94. The minimum Gasteiger partial charge on any atom is -0.462 e. The standard InChI is InChI=1S/C19H16N2O/c1-13-7-8-16(22-13)9-10-19-20-17-11-14-5-3-4-6-15(14)12-18(17)21(19)2/h3-12H,1-2H3/b10-9+. The second-order valence-corrected chi connectivity index (χ2v) is 5.50. The van der Waals surface area contributed by atoms with Crippen LogP contribution in [0.15, 0.2) is 52.9 Å². The summed E-state index contributed by atoms with van der Waals surface area (Å²) in [6.45, 7) is 1.94. The van der Waals surface area contributed by atoms with Crippen LogP contribution in [-0.4, -0.2) is 9.55 Å². The molecule has 0 aliphatic heterocycles. The Hall–Kier alpha value is -2.81. The fraction of sp³-hybridized carbons (Fsp3) is 0.105. The van der Waals surface area contributed by atoms with Crippen molar-refractivity contribution in [2.75, 3.05) is 0 Å². The molecule has 2 aromatic heterocycles. The van der Waals surface area contributed by atoms with Gasteiger partial charge in [0, 0.05) is 7.05 Å². The largest absolute Gasteiger partial charge is 0.462 e. The van der Waals surface area contributed by atoms with Crippen LogP contribution in [0.2, 0.25) is 0 Å². The summed E-state index contributed by atoms with van der Waals surface area (Å²) in [5, 5.41) is 2.44. The molecule has 0 spiro atoms. The van der Waals surface area contributed by atoms with Crippen LogP contribution in [0.4, 0.5) is 0 Å². The predicted octanol–water partition coefficient (Wildman–Crippen LogP) is 4.80. The minimum atomic E-state index is 0.842. The highest BCUT2D eigenvalue weighted by Crippen LogP contribution is 2.23. The molecule has 0 radical (unpaired) electrons. The molecular weight excluding hydrogens is 272 g/mol. The molecule has 0 atom stereocenters. The van der Waals surface area contributed by atoms with Crippen molar-refractivity contribution in [3.63, 3.8) is 0 Å². The Morgan fingerprint density at radius 3 is 2.50 bits per heavy atom. The predicted molar refractivity (Wildman–Crippen MR) is 90.6 cm³/mol. The lowest BCUT2D eigenvalue weighted by Crippen LogP contribution is -1.90. The monoisotopic (exact) mass is 288 g/mol. The van der Waals surface area contributed by atoms with Crippen LogP contribution >= 0.6 is 0 Å². The topological polar surface area (TPSA) is 31.0 Å². The van der Waals surface area contributed by atoms with Gasteiger partial charge in [-0.15, -0.1) is 0 Å². The molecule has 0 aliphatic rings. The summed E-state index contributed by atoms with van der Waals surface area (Å²) in [5.74, 6) is 2.67. The first-order chi connectivity index (χ1) is 10.7. The molecule has 4 aromatic rings. The van der Waals surface area contributed by atoms with E-state index in [9.17, 15) is 0 Å². The Bertz CT molecular complexity index is 1000. The molecule has 3 heteroatoms. The fourth-order valence-corrected chi connectivity index (χ4v) is 2.75. The second-order valence-electron chi connectivity index (χ2n) is 5.50. The zero-order chi connectivity index (χ0) is 15.1. The third kappa shape index (κ3) is 2.11. The minimum absolute atomic E-state index is 0.842. The molecule has 4 rings (SSSR count). The molecule has 0 unspecified atom stereocenters. The van der Waals surface area contributed by atoms with Gasteiger partial charge in [0.1, 0.15) is 17.3 Å². The Labute approximate surface area is 128 Å². The summed E-state index contributed by atoms with van der Waals surface area (Å²) >= 11 is 0. The number of benzene rings is 2. The van der Waals surface area contributed by atoms with Gasteiger partial charge in [0.25, 0.3) is 0 Å². The number of fused-ring (bicyclic) bond motifs is 2. The molecule has 3 nitrogen and oxygen atoms in total. The molecule has 2 heterocycles. The molecule has 0 saturated carbocycles. The first-order valence-electron chi connectivity index (χ1n) is 7.30. The van der Waals surface area contributed by atoms with Crippen molar-refractivity contribution in [2.24, 2.45) is 7.05 Å². The number of aromatic nitrogens is 2. The van der Waals surface area contributed by atoms with E-state index in [0.717, 1.165) is 28.4 Å². The van der Waals surface area contributed by atoms with Gasteiger partial charge in [-0.1, -0.05) is 24.3 Å². The highest BCUT2D eigenvalue weighted by atomic mass is 16.3. The average molecular weight is 288 g/mol. The van der Waals surface area contributed by atoms with Gasteiger partial charge in [0.15, 0.2) is 0 Å². The van der Waals surface area contributed by atoms with Crippen LogP contribution in [0.3, 0.4) is 0 Å². The van der Waals surface area contributed by atoms with Crippen molar-refractivity contribution < 1.29 is 4.42 Å². The summed E-state index contributed by atoms with van der Waals surface area (Å²) in [6.07, 6.45) is 3.94. The van der Waals surface area contributed by atoms with Crippen molar-refractivity contribution >= 4 is 34.0 Å². The number of furan rings is 1. The number of nitrogens with zero attached hydrogens (tertiary/aromatic N) is 2. The van der Waals surface area contributed by atoms with Crippen LogP contribution < -0.4 is 0 Å². The van der Waals surface area contributed by atoms with E-state index < -0.39 is 0 Å². The number of rotatable bonds is 2. The Balaban J connectivity index is 1.82. The summed E-state index contributed by atoms with van der Waals surface area (Å²) < 4.78 is 7.66. The smallest absolute Gasteiger partial charge is 0.133 e. The summed E-state index contributed by atoms with van der Waals surface area (Å²) in [4.78, 5) is 4.72. The highest BCUT2D eigenvalue weighted by Gasteiger charge is 2.07. The van der Waals surface area contributed by atoms with Crippen LogP contribution in [0.1, 0.15) is 17.3 Å². The summed E-state index contributed by atoms with van der Waals surface area (Å²) in [5.41, 5.74) is 2.14. The SMILES string of the molecule is Cc1ccc(/C=C/c2nc3cc4ccccc4cc3n2C)o1. The second kappa shape index (κ2) is 4.88. The van der Waals surface area contributed by atoms with E-state index in [-0.39, 0.29) is 0 Å². The number of hydrogen-bond donors (Lipinski definition) is 0. The molecule has 2 aromatic carbocycles. The van der Waals surface area contributed by atoms with Crippen LogP contribution in [0, 0.1) is 6.92 Å².